The van der Waals surface area contributed by atoms with Crippen LogP contribution in [-0.4, -0.2) is 34.9 Å². The van der Waals surface area contributed by atoms with Gasteiger partial charge in [0.15, 0.2) is 0 Å². The fourth-order valence-corrected chi connectivity index (χ4v) is 3.51. The van der Waals surface area contributed by atoms with Crippen molar-refractivity contribution in [3.05, 3.63) is 58.2 Å². The summed E-state index contributed by atoms with van der Waals surface area (Å²) in [7, 11) is 3.47. The van der Waals surface area contributed by atoms with E-state index in [1.165, 1.54) is 11.3 Å². The maximum Gasteiger partial charge on any atom is 0.253 e. The van der Waals surface area contributed by atoms with Crippen LogP contribution in [0.2, 0.25) is 4.34 Å². The number of thiazole rings is 1. The summed E-state index contributed by atoms with van der Waals surface area (Å²) in [6, 6.07) is 9.36. The second-order valence-electron chi connectivity index (χ2n) is 5.61. The third-order valence-corrected chi connectivity index (χ3v) is 4.95. The van der Waals surface area contributed by atoms with E-state index < -0.39 is 0 Å². The van der Waals surface area contributed by atoms with Crippen LogP contribution in [0, 0.1) is 6.92 Å². The van der Waals surface area contributed by atoms with Crippen LogP contribution in [-0.2, 0) is 0 Å². The third kappa shape index (κ3) is 3.18. The molecular weight excluding hydrogens is 342 g/mol. The summed E-state index contributed by atoms with van der Waals surface area (Å²) in [6.07, 6.45) is 3.52. The van der Waals surface area contributed by atoms with Crippen molar-refractivity contribution in [2.24, 2.45) is 0 Å². The Morgan fingerprint density at radius 2 is 2.04 bits per heavy atom. The van der Waals surface area contributed by atoms with E-state index in [1.807, 2.05) is 31.2 Å². The highest BCUT2D eigenvalue weighted by molar-refractivity contribution is 7.19. The standard InChI is InChI=1S/C18H16ClN3OS/c1-11-7-8-20-10-14(11)15-16(19)24-17(21-15)12-5-4-6-13(9-12)18(23)22(2)3/h4-10H,1-3H3. The average Bonchev–Trinajstić information content (AvgIpc) is 2.96. The Kier molecular flexibility index (Phi) is 4.64. The first-order valence-electron chi connectivity index (χ1n) is 7.37. The van der Waals surface area contributed by atoms with Crippen molar-refractivity contribution in [2.45, 2.75) is 6.92 Å². The molecule has 2 heterocycles. The van der Waals surface area contributed by atoms with E-state index in [4.69, 9.17) is 11.6 Å². The Bertz CT molecular complexity index is 905. The molecule has 0 bridgehead atoms. The van der Waals surface area contributed by atoms with E-state index >= 15 is 0 Å². The van der Waals surface area contributed by atoms with Gasteiger partial charge in [0.05, 0.1) is 0 Å². The first kappa shape index (κ1) is 16.6. The number of nitrogens with zero attached hydrogens (tertiary/aromatic N) is 3. The quantitative estimate of drug-likeness (QED) is 0.691. The number of pyridine rings is 1. The number of benzene rings is 1. The number of rotatable bonds is 3. The molecule has 0 aliphatic heterocycles. The molecule has 0 saturated carbocycles. The summed E-state index contributed by atoms with van der Waals surface area (Å²) >= 11 is 7.81. The Morgan fingerprint density at radius 3 is 2.75 bits per heavy atom. The van der Waals surface area contributed by atoms with Crippen LogP contribution in [0.4, 0.5) is 0 Å². The Labute approximate surface area is 149 Å². The second-order valence-corrected chi connectivity index (χ2v) is 7.21. The lowest BCUT2D eigenvalue weighted by molar-refractivity contribution is 0.0827. The molecule has 0 atom stereocenters. The highest BCUT2D eigenvalue weighted by atomic mass is 35.5. The van der Waals surface area contributed by atoms with Crippen LogP contribution in [0.3, 0.4) is 0 Å². The second kappa shape index (κ2) is 6.71. The number of carbonyl (C=O) groups excluding carboxylic acids is 1. The summed E-state index contributed by atoms with van der Waals surface area (Å²) in [5.74, 6) is -0.0390. The van der Waals surface area contributed by atoms with Gasteiger partial charge in [0.1, 0.15) is 15.0 Å². The fourth-order valence-electron chi connectivity index (χ4n) is 2.35. The molecule has 0 spiro atoms. The number of halogens is 1. The molecule has 3 aromatic rings. The zero-order valence-electron chi connectivity index (χ0n) is 13.6. The Morgan fingerprint density at radius 1 is 1.25 bits per heavy atom. The van der Waals surface area contributed by atoms with Crippen molar-refractivity contribution in [3.8, 4) is 21.8 Å². The van der Waals surface area contributed by atoms with E-state index in [0.717, 1.165) is 27.4 Å². The largest absolute Gasteiger partial charge is 0.345 e. The van der Waals surface area contributed by atoms with Crippen molar-refractivity contribution in [3.63, 3.8) is 0 Å². The van der Waals surface area contributed by atoms with Crippen LogP contribution in [0.25, 0.3) is 21.8 Å². The molecule has 0 aliphatic rings. The minimum Gasteiger partial charge on any atom is -0.345 e. The molecule has 0 fully saturated rings. The van der Waals surface area contributed by atoms with Gasteiger partial charge in [-0.1, -0.05) is 23.7 Å². The van der Waals surface area contributed by atoms with E-state index in [9.17, 15) is 4.79 Å². The number of aromatic nitrogens is 2. The van der Waals surface area contributed by atoms with Crippen molar-refractivity contribution in [2.75, 3.05) is 14.1 Å². The van der Waals surface area contributed by atoms with E-state index in [0.29, 0.717) is 9.90 Å². The van der Waals surface area contributed by atoms with Crippen molar-refractivity contribution in [1.82, 2.24) is 14.9 Å². The molecule has 0 saturated heterocycles. The molecule has 1 aromatic carbocycles. The van der Waals surface area contributed by atoms with Crippen LogP contribution in [0.1, 0.15) is 15.9 Å². The highest BCUT2D eigenvalue weighted by Gasteiger charge is 2.16. The predicted octanol–water partition coefficient (Wildman–Crippen LogP) is 4.54. The maximum absolute atomic E-state index is 12.1. The summed E-state index contributed by atoms with van der Waals surface area (Å²) < 4.78 is 0.616. The number of carbonyl (C=O) groups is 1. The third-order valence-electron chi connectivity index (χ3n) is 3.64. The lowest BCUT2D eigenvalue weighted by Gasteiger charge is -2.10. The normalized spacial score (nSPS) is 10.7. The first-order chi connectivity index (χ1) is 11.5. The fraction of sp³-hybridized carbons (Fsp3) is 0.167. The zero-order valence-corrected chi connectivity index (χ0v) is 15.1. The number of aryl methyl sites for hydroxylation is 1. The van der Waals surface area contributed by atoms with Gasteiger partial charge in [-0.3, -0.25) is 9.78 Å². The molecule has 2 aromatic heterocycles. The monoisotopic (exact) mass is 357 g/mol. The van der Waals surface area contributed by atoms with Crippen molar-refractivity contribution in [1.29, 1.82) is 0 Å². The molecule has 24 heavy (non-hydrogen) atoms. The molecule has 1 amide bonds. The summed E-state index contributed by atoms with van der Waals surface area (Å²) in [4.78, 5) is 22.5. The molecule has 0 aliphatic carbocycles. The molecular formula is C18H16ClN3OS. The molecule has 4 nitrogen and oxygen atoms in total. The van der Waals surface area contributed by atoms with Gasteiger partial charge in [-0.2, -0.15) is 0 Å². The smallest absolute Gasteiger partial charge is 0.253 e. The van der Waals surface area contributed by atoms with Gasteiger partial charge in [0.2, 0.25) is 0 Å². The molecule has 0 N–H and O–H groups in total. The minimum atomic E-state index is -0.0390. The van der Waals surface area contributed by atoms with Crippen LogP contribution < -0.4 is 0 Å². The van der Waals surface area contributed by atoms with Gasteiger partial charge >= 0.3 is 0 Å². The number of hydrogen-bond donors (Lipinski definition) is 0. The number of amides is 1. The van der Waals surface area contributed by atoms with E-state index in [-0.39, 0.29) is 5.91 Å². The first-order valence-corrected chi connectivity index (χ1v) is 8.56. The average molecular weight is 358 g/mol. The van der Waals surface area contributed by atoms with Crippen molar-refractivity contribution < 1.29 is 4.79 Å². The van der Waals surface area contributed by atoms with Gasteiger partial charge in [0, 0.05) is 43.2 Å². The summed E-state index contributed by atoms with van der Waals surface area (Å²) in [5.41, 5.74) is 4.22. The summed E-state index contributed by atoms with van der Waals surface area (Å²) in [5, 5.41) is 0.784. The lowest BCUT2D eigenvalue weighted by Crippen LogP contribution is -2.21. The van der Waals surface area contributed by atoms with E-state index in [2.05, 4.69) is 9.97 Å². The SMILES string of the molecule is Cc1ccncc1-c1nc(-c2cccc(C(=O)N(C)C)c2)sc1Cl. The van der Waals surface area contributed by atoms with E-state index in [1.54, 1.807) is 37.5 Å². The van der Waals surface area contributed by atoms with Gasteiger partial charge in [0.25, 0.3) is 5.91 Å². The Hall–Kier alpha value is -2.24. The molecule has 122 valence electrons. The van der Waals surface area contributed by atoms with Crippen LogP contribution in [0.5, 0.6) is 0 Å². The minimum absolute atomic E-state index is 0.0390. The van der Waals surface area contributed by atoms with Gasteiger partial charge < -0.3 is 4.90 Å². The zero-order chi connectivity index (χ0) is 17.3. The van der Waals surface area contributed by atoms with Crippen LogP contribution >= 0.6 is 22.9 Å². The van der Waals surface area contributed by atoms with Gasteiger partial charge in [-0.25, -0.2) is 4.98 Å². The van der Waals surface area contributed by atoms with Gasteiger partial charge in [-0.15, -0.1) is 11.3 Å². The molecule has 0 radical (unpaired) electrons. The van der Waals surface area contributed by atoms with Crippen molar-refractivity contribution >= 4 is 28.8 Å². The topological polar surface area (TPSA) is 46.1 Å². The highest BCUT2D eigenvalue weighted by Crippen LogP contribution is 2.38. The lowest BCUT2D eigenvalue weighted by atomic mass is 10.1. The summed E-state index contributed by atoms with van der Waals surface area (Å²) in [6.45, 7) is 2.00. The predicted molar refractivity (Wildman–Crippen MR) is 98.5 cm³/mol. The number of hydrogen-bond acceptors (Lipinski definition) is 4. The van der Waals surface area contributed by atoms with Crippen LogP contribution in [0.15, 0.2) is 42.7 Å². The molecule has 0 unspecified atom stereocenters. The van der Waals surface area contributed by atoms with Gasteiger partial charge in [-0.05, 0) is 30.7 Å². The molecule has 6 heteroatoms. The molecule has 3 rings (SSSR count). The Balaban J connectivity index is 2.03. The maximum atomic E-state index is 12.1.